The van der Waals surface area contributed by atoms with Crippen LogP contribution in [0.3, 0.4) is 0 Å². The van der Waals surface area contributed by atoms with E-state index in [-0.39, 0.29) is 0 Å². The first-order valence-corrected chi connectivity index (χ1v) is 7.21. The molecule has 0 N–H and O–H groups in total. The molecule has 1 heterocycles. The lowest BCUT2D eigenvalue weighted by Crippen LogP contribution is -2.31. The van der Waals surface area contributed by atoms with Crippen molar-refractivity contribution in [1.29, 1.82) is 0 Å². The van der Waals surface area contributed by atoms with Gasteiger partial charge in [0.1, 0.15) is 0 Å². The Morgan fingerprint density at radius 1 is 1.21 bits per heavy atom. The van der Waals surface area contributed by atoms with Crippen molar-refractivity contribution in [2.45, 2.75) is 33.1 Å². The molecule has 0 saturated carbocycles. The normalized spacial score (nSPS) is 26.4. The highest BCUT2D eigenvalue weighted by Crippen LogP contribution is 2.25. The summed E-state index contributed by atoms with van der Waals surface area (Å²) in [5, 5.41) is 0. The third kappa shape index (κ3) is 3.24. The molecule has 0 aromatic rings. The van der Waals surface area contributed by atoms with Gasteiger partial charge < -0.3 is 0 Å². The highest BCUT2D eigenvalue weighted by molar-refractivity contribution is 7.88. The highest BCUT2D eigenvalue weighted by Gasteiger charge is 2.23. The first-order chi connectivity index (χ1) is 6.41. The zero-order valence-corrected chi connectivity index (χ0v) is 10.2. The van der Waals surface area contributed by atoms with Crippen molar-refractivity contribution in [3.8, 4) is 0 Å². The molecular formula is C10H21NO2S. The molecule has 1 unspecified atom stereocenters. The first kappa shape index (κ1) is 12.0. The second-order valence-electron chi connectivity index (χ2n) is 4.60. The van der Waals surface area contributed by atoms with Crippen molar-refractivity contribution in [1.82, 2.24) is 4.31 Å². The maximum absolute atomic E-state index is 11.3. The topological polar surface area (TPSA) is 37.4 Å². The van der Waals surface area contributed by atoms with Gasteiger partial charge in [-0.3, -0.25) is 0 Å². The minimum Gasteiger partial charge on any atom is -0.213 e. The molecule has 84 valence electrons. The summed E-state index contributed by atoms with van der Waals surface area (Å²) in [6, 6.07) is 0. The number of nitrogens with zero attached hydrogens (tertiary/aromatic N) is 1. The maximum Gasteiger partial charge on any atom is 0.211 e. The van der Waals surface area contributed by atoms with Gasteiger partial charge in [-0.25, -0.2) is 12.7 Å². The van der Waals surface area contributed by atoms with Crippen LogP contribution in [-0.2, 0) is 10.0 Å². The van der Waals surface area contributed by atoms with E-state index < -0.39 is 10.0 Å². The van der Waals surface area contributed by atoms with Crippen LogP contribution in [0, 0.1) is 11.8 Å². The van der Waals surface area contributed by atoms with Crippen LogP contribution in [0.4, 0.5) is 0 Å². The molecule has 0 aliphatic carbocycles. The van der Waals surface area contributed by atoms with Gasteiger partial charge in [-0.2, -0.15) is 0 Å². The number of rotatable bonds is 2. The van der Waals surface area contributed by atoms with E-state index in [2.05, 4.69) is 13.8 Å². The second-order valence-corrected chi connectivity index (χ2v) is 6.58. The van der Waals surface area contributed by atoms with Crippen LogP contribution in [0.25, 0.3) is 0 Å². The van der Waals surface area contributed by atoms with Crippen molar-refractivity contribution >= 4 is 10.0 Å². The molecule has 1 aliphatic rings. The lowest BCUT2D eigenvalue weighted by Gasteiger charge is -2.19. The average Bonchev–Trinajstić information content (AvgIpc) is 2.26. The molecule has 0 aromatic heterocycles. The SMILES string of the molecule is CC(C)C1CCCN(S(C)(=O)=O)CC1. The van der Waals surface area contributed by atoms with Gasteiger partial charge in [0, 0.05) is 13.1 Å². The molecule has 0 aromatic carbocycles. The smallest absolute Gasteiger partial charge is 0.211 e. The summed E-state index contributed by atoms with van der Waals surface area (Å²) >= 11 is 0. The Bertz CT molecular complexity index is 272. The van der Waals surface area contributed by atoms with Crippen molar-refractivity contribution in [3.63, 3.8) is 0 Å². The third-order valence-corrected chi connectivity index (χ3v) is 4.45. The predicted molar refractivity (Wildman–Crippen MR) is 58.6 cm³/mol. The molecule has 0 spiro atoms. The summed E-state index contributed by atoms with van der Waals surface area (Å²) in [4.78, 5) is 0. The van der Waals surface area contributed by atoms with Gasteiger partial charge in [0.25, 0.3) is 0 Å². The monoisotopic (exact) mass is 219 g/mol. The van der Waals surface area contributed by atoms with Crippen LogP contribution in [0.1, 0.15) is 33.1 Å². The van der Waals surface area contributed by atoms with E-state index in [0.717, 1.165) is 12.8 Å². The summed E-state index contributed by atoms with van der Waals surface area (Å²) < 4.78 is 24.3. The molecule has 4 heteroatoms. The van der Waals surface area contributed by atoms with Crippen LogP contribution >= 0.6 is 0 Å². The molecule has 0 radical (unpaired) electrons. The van der Waals surface area contributed by atoms with Crippen LogP contribution in [0.15, 0.2) is 0 Å². The molecule has 0 amide bonds. The van der Waals surface area contributed by atoms with E-state index in [1.807, 2.05) is 0 Å². The van der Waals surface area contributed by atoms with Crippen molar-refractivity contribution in [2.75, 3.05) is 19.3 Å². The van der Waals surface area contributed by atoms with Gasteiger partial charge in [-0.1, -0.05) is 13.8 Å². The standard InChI is InChI=1S/C10H21NO2S/c1-9(2)10-5-4-7-11(8-6-10)14(3,12)13/h9-10H,4-8H2,1-3H3. The van der Waals surface area contributed by atoms with Gasteiger partial charge in [-0.15, -0.1) is 0 Å². The molecule has 1 rings (SSSR count). The number of hydrogen-bond donors (Lipinski definition) is 0. The quantitative estimate of drug-likeness (QED) is 0.709. The van der Waals surface area contributed by atoms with Gasteiger partial charge in [0.05, 0.1) is 6.26 Å². The minimum atomic E-state index is -2.97. The van der Waals surface area contributed by atoms with Crippen LogP contribution < -0.4 is 0 Å². The summed E-state index contributed by atoms with van der Waals surface area (Å²) in [5.74, 6) is 1.37. The summed E-state index contributed by atoms with van der Waals surface area (Å²) in [7, 11) is -2.97. The zero-order chi connectivity index (χ0) is 10.8. The summed E-state index contributed by atoms with van der Waals surface area (Å²) in [5.41, 5.74) is 0. The molecule has 1 atom stereocenters. The second kappa shape index (κ2) is 4.62. The molecule has 0 bridgehead atoms. The van der Waals surface area contributed by atoms with Gasteiger partial charge >= 0.3 is 0 Å². The van der Waals surface area contributed by atoms with Crippen LogP contribution in [-0.4, -0.2) is 32.1 Å². The summed E-state index contributed by atoms with van der Waals surface area (Å²) in [6.07, 6.45) is 4.51. The van der Waals surface area contributed by atoms with Crippen LogP contribution in [0.5, 0.6) is 0 Å². The van der Waals surface area contributed by atoms with Crippen LogP contribution in [0.2, 0.25) is 0 Å². The third-order valence-electron chi connectivity index (χ3n) is 3.14. The largest absolute Gasteiger partial charge is 0.213 e. The molecule has 1 saturated heterocycles. The van der Waals surface area contributed by atoms with E-state index in [0.29, 0.717) is 24.9 Å². The molecule has 1 fully saturated rings. The Morgan fingerprint density at radius 3 is 2.36 bits per heavy atom. The fourth-order valence-electron chi connectivity index (χ4n) is 2.09. The van der Waals surface area contributed by atoms with Crippen molar-refractivity contribution < 1.29 is 8.42 Å². The molecular weight excluding hydrogens is 198 g/mol. The molecule has 14 heavy (non-hydrogen) atoms. The first-order valence-electron chi connectivity index (χ1n) is 5.36. The Kier molecular flexibility index (Phi) is 3.95. The van der Waals surface area contributed by atoms with E-state index >= 15 is 0 Å². The zero-order valence-electron chi connectivity index (χ0n) is 9.36. The Morgan fingerprint density at radius 2 is 1.86 bits per heavy atom. The van der Waals surface area contributed by atoms with E-state index in [1.54, 1.807) is 4.31 Å². The van der Waals surface area contributed by atoms with Gasteiger partial charge in [0.15, 0.2) is 0 Å². The van der Waals surface area contributed by atoms with Gasteiger partial charge in [-0.05, 0) is 31.1 Å². The van der Waals surface area contributed by atoms with Gasteiger partial charge in [0.2, 0.25) is 10.0 Å². The average molecular weight is 219 g/mol. The Labute approximate surface area is 87.5 Å². The molecule has 1 aliphatic heterocycles. The fraction of sp³-hybridized carbons (Fsp3) is 1.00. The fourth-order valence-corrected chi connectivity index (χ4v) is 2.99. The van der Waals surface area contributed by atoms with E-state index in [1.165, 1.54) is 12.7 Å². The van der Waals surface area contributed by atoms with Crippen molar-refractivity contribution in [2.24, 2.45) is 11.8 Å². The Hall–Kier alpha value is -0.0900. The maximum atomic E-state index is 11.3. The van der Waals surface area contributed by atoms with E-state index in [9.17, 15) is 8.42 Å². The Balaban J connectivity index is 2.58. The minimum absolute atomic E-state index is 0.675. The number of sulfonamides is 1. The molecule has 3 nitrogen and oxygen atoms in total. The predicted octanol–water partition coefficient (Wildman–Crippen LogP) is 1.70. The number of hydrogen-bond acceptors (Lipinski definition) is 2. The lowest BCUT2D eigenvalue weighted by molar-refractivity contribution is 0.341. The highest BCUT2D eigenvalue weighted by atomic mass is 32.2. The summed E-state index contributed by atoms with van der Waals surface area (Å²) in [6.45, 7) is 5.87. The lowest BCUT2D eigenvalue weighted by atomic mass is 9.89. The van der Waals surface area contributed by atoms with Crippen molar-refractivity contribution in [3.05, 3.63) is 0 Å². The van der Waals surface area contributed by atoms with E-state index in [4.69, 9.17) is 0 Å².